The van der Waals surface area contributed by atoms with Gasteiger partial charge in [-0.15, -0.1) is 0 Å². The van der Waals surface area contributed by atoms with Crippen LogP contribution in [0.4, 0.5) is 17.7 Å². The van der Waals surface area contributed by atoms with E-state index >= 15 is 0 Å². The number of morpholine rings is 3. The second-order valence-electron chi connectivity index (χ2n) is 8.80. The Hall–Kier alpha value is -2.95. The number of anilines is 3. The maximum absolute atomic E-state index is 5.62. The molecule has 2 aromatic heterocycles. The molecule has 3 aliphatic rings. The van der Waals surface area contributed by atoms with Gasteiger partial charge in [-0.05, 0) is 5.56 Å². The van der Waals surface area contributed by atoms with Gasteiger partial charge in [-0.1, -0.05) is 30.3 Å². The topological polar surface area (TPSA) is 81.0 Å². The van der Waals surface area contributed by atoms with E-state index in [1.165, 1.54) is 5.56 Å². The fourth-order valence-electron chi connectivity index (χ4n) is 4.78. The number of ether oxygens (including phenoxy) is 3. The third kappa shape index (κ3) is 4.28. The maximum Gasteiger partial charge on any atom is 0.229 e. The first-order valence-corrected chi connectivity index (χ1v) is 12.2. The Labute approximate surface area is 199 Å². The molecule has 0 aliphatic carbocycles. The van der Waals surface area contributed by atoms with Gasteiger partial charge in [0.15, 0.2) is 17.0 Å². The molecule has 0 amide bonds. The normalized spacial score (nSPS) is 19.7. The van der Waals surface area contributed by atoms with Crippen LogP contribution < -0.4 is 14.7 Å². The molecule has 0 bridgehead atoms. The molecule has 3 aromatic rings. The van der Waals surface area contributed by atoms with Gasteiger partial charge in [0.05, 0.1) is 46.2 Å². The largest absolute Gasteiger partial charge is 0.378 e. The van der Waals surface area contributed by atoms with Crippen LogP contribution in [0.1, 0.15) is 5.56 Å². The molecule has 3 aliphatic heterocycles. The van der Waals surface area contributed by atoms with Crippen LogP contribution in [0, 0.1) is 0 Å². The van der Waals surface area contributed by atoms with E-state index in [2.05, 4.69) is 43.5 Å². The Kier molecular flexibility index (Phi) is 6.17. The first-order valence-electron chi connectivity index (χ1n) is 12.2. The molecule has 10 heteroatoms. The maximum atomic E-state index is 5.62. The summed E-state index contributed by atoms with van der Waals surface area (Å²) in [5, 5.41) is 0. The zero-order valence-corrected chi connectivity index (χ0v) is 19.4. The number of imidazole rings is 1. The smallest absolute Gasteiger partial charge is 0.229 e. The lowest BCUT2D eigenvalue weighted by molar-refractivity contribution is 0.121. The quantitative estimate of drug-likeness (QED) is 0.555. The van der Waals surface area contributed by atoms with Crippen molar-refractivity contribution in [2.24, 2.45) is 0 Å². The highest BCUT2D eigenvalue weighted by atomic mass is 16.5. The third-order valence-electron chi connectivity index (χ3n) is 6.63. The molecule has 3 saturated heterocycles. The molecule has 0 atom stereocenters. The zero-order chi connectivity index (χ0) is 22.7. The number of hydrogen-bond acceptors (Lipinski definition) is 9. The number of rotatable bonds is 5. The minimum absolute atomic E-state index is 0.691. The van der Waals surface area contributed by atoms with Gasteiger partial charge < -0.3 is 28.9 Å². The van der Waals surface area contributed by atoms with Gasteiger partial charge in [-0.3, -0.25) is 4.57 Å². The summed E-state index contributed by atoms with van der Waals surface area (Å²) in [5.74, 6) is 2.58. The van der Waals surface area contributed by atoms with Crippen molar-refractivity contribution in [3.63, 3.8) is 0 Å². The lowest BCUT2D eigenvalue weighted by Crippen LogP contribution is -2.39. The molecule has 3 fully saturated rings. The zero-order valence-electron chi connectivity index (χ0n) is 19.4. The molecule has 0 radical (unpaired) electrons. The molecular weight excluding hydrogens is 434 g/mol. The number of benzene rings is 1. The molecule has 34 heavy (non-hydrogen) atoms. The summed E-state index contributed by atoms with van der Waals surface area (Å²) in [6.45, 7) is 9.68. The van der Waals surface area contributed by atoms with Crippen molar-refractivity contribution in [1.82, 2.24) is 19.5 Å². The first kappa shape index (κ1) is 21.6. The van der Waals surface area contributed by atoms with Gasteiger partial charge in [-0.2, -0.15) is 9.97 Å². The number of fused-ring (bicyclic) bond motifs is 1. The molecule has 10 nitrogen and oxygen atoms in total. The van der Waals surface area contributed by atoms with Gasteiger partial charge in [0.25, 0.3) is 0 Å². The highest BCUT2D eigenvalue weighted by molar-refractivity contribution is 5.87. The number of nitrogens with zero attached hydrogens (tertiary/aromatic N) is 7. The van der Waals surface area contributed by atoms with Gasteiger partial charge in [0.1, 0.15) is 0 Å². The minimum Gasteiger partial charge on any atom is -0.378 e. The molecule has 5 heterocycles. The average Bonchev–Trinajstić information content (AvgIpc) is 3.28. The van der Waals surface area contributed by atoms with Crippen LogP contribution in [-0.4, -0.2) is 98.4 Å². The van der Waals surface area contributed by atoms with Crippen molar-refractivity contribution in [3.8, 4) is 0 Å². The Morgan fingerprint density at radius 2 is 1.24 bits per heavy atom. The van der Waals surface area contributed by atoms with Gasteiger partial charge >= 0.3 is 0 Å². The van der Waals surface area contributed by atoms with E-state index in [-0.39, 0.29) is 0 Å². The number of hydrogen-bond donors (Lipinski definition) is 0. The standard InChI is InChI=1S/C24H31N7O3/c1-2-4-19(5-3-1)18-31-22-20(25-24(31)30-10-16-34-17-11-30)21(28-6-12-32-13-7-28)26-23(27-22)29-8-14-33-15-9-29/h1-5H,6-18H2. The second-order valence-corrected chi connectivity index (χ2v) is 8.80. The summed E-state index contributed by atoms with van der Waals surface area (Å²) in [6.07, 6.45) is 0. The Balaban J connectivity index is 1.51. The Bertz CT molecular complexity index is 1100. The van der Waals surface area contributed by atoms with E-state index in [0.717, 1.165) is 68.1 Å². The first-order chi connectivity index (χ1) is 16.9. The van der Waals surface area contributed by atoms with Crippen LogP contribution in [0.2, 0.25) is 0 Å². The van der Waals surface area contributed by atoms with Crippen molar-refractivity contribution < 1.29 is 14.2 Å². The molecule has 0 saturated carbocycles. The summed E-state index contributed by atoms with van der Waals surface area (Å²) in [5.41, 5.74) is 2.95. The molecule has 0 spiro atoms. The van der Waals surface area contributed by atoms with Crippen LogP contribution >= 0.6 is 0 Å². The summed E-state index contributed by atoms with van der Waals surface area (Å²) in [6, 6.07) is 10.5. The van der Waals surface area contributed by atoms with Crippen LogP contribution in [-0.2, 0) is 20.8 Å². The van der Waals surface area contributed by atoms with E-state index in [9.17, 15) is 0 Å². The number of aromatic nitrogens is 4. The highest BCUT2D eigenvalue weighted by Gasteiger charge is 2.27. The summed E-state index contributed by atoms with van der Waals surface area (Å²) < 4.78 is 19.1. The van der Waals surface area contributed by atoms with Crippen molar-refractivity contribution >= 4 is 28.9 Å². The van der Waals surface area contributed by atoms with E-state index in [4.69, 9.17) is 29.2 Å². The predicted octanol–water partition coefficient (Wildman–Crippen LogP) is 1.38. The highest BCUT2D eigenvalue weighted by Crippen LogP contribution is 2.32. The van der Waals surface area contributed by atoms with Crippen molar-refractivity contribution in [3.05, 3.63) is 35.9 Å². The van der Waals surface area contributed by atoms with Crippen LogP contribution in [0.15, 0.2) is 30.3 Å². The summed E-state index contributed by atoms with van der Waals surface area (Å²) in [7, 11) is 0. The summed E-state index contributed by atoms with van der Waals surface area (Å²) >= 11 is 0. The Morgan fingerprint density at radius 1 is 0.647 bits per heavy atom. The fraction of sp³-hybridized carbons (Fsp3) is 0.542. The van der Waals surface area contributed by atoms with Crippen LogP contribution in [0.25, 0.3) is 11.2 Å². The van der Waals surface area contributed by atoms with E-state index in [1.54, 1.807) is 0 Å². The van der Waals surface area contributed by atoms with Crippen LogP contribution in [0.3, 0.4) is 0 Å². The third-order valence-corrected chi connectivity index (χ3v) is 6.63. The van der Waals surface area contributed by atoms with E-state index in [1.807, 2.05) is 6.07 Å². The molecule has 0 N–H and O–H groups in total. The van der Waals surface area contributed by atoms with Gasteiger partial charge in [-0.25, -0.2) is 4.98 Å². The monoisotopic (exact) mass is 465 g/mol. The fourth-order valence-corrected chi connectivity index (χ4v) is 4.78. The van der Waals surface area contributed by atoms with Crippen LogP contribution in [0.5, 0.6) is 0 Å². The average molecular weight is 466 g/mol. The molecule has 1 aromatic carbocycles. The molecular formula is C24H31N7O3. The lowest BCUT2D eigenvalue weighted by atomic mass is 10.2. The predicted molar refractivity (Wildman–Crippen MR) is 130 cm³/mol. The van der Waals surface area contributed by atoms with Crippen molar-refractivity contribution in [1.29, 1.82) is 0 Å². The SMILES string of the molecule is c1ccc(Cn2c(N3CCOCC3)nc3c(N4CCOCC4)nc(N4CCOCC4)nc32)cc1. The van der Waals surface area contributed by atoms with Crippen molar-refractivity contribution in [2.75, 3.05) is 93.6 Å². The van der Waals surface area contributed by atoms with Gasteiger partial charge in [0, 0.05) is 39.3 Å². The molecule has 180 valence electrons. The van der Waals surface area contributed by atoms with E-state index in [0.29, 0.717) is 46.2 Å². The lowest BCUT2D eigenvalue weighted by Gasteiger charge is -2.30. The summed E-state index contributed by atoms with van der Waals surface area (Å²) in [4.78, 5) is 22.2. The van der Waals surface area contributed by atoms with Gasteiger partial charge in [0.2, 0.25) is 11.9 Å². The van der Waals surface area contributed by atoms with E-state index < -0.39 is 0 Å². The minimum atomic E-state index is 0.691. The second kappa shape index (κ2) is 9.73. The molecule has 6 rings (SSSR count). The molecule has 0 unspecified atom stereocenters. The van der Waals surface area contributed by atoms with Crippen molar-refractivity contribution in [2.45, 2.75) is 6.54 Å². The Morgan fingerprint density at radius 3 is 1.88 bits per heavy atom.